The molecule has 0 radical (unpaired) electrons. The molecule has 0 unspecified atom stereocenters. The largest absolute Gasteiger partial charge is 0.485 e. The van der Waals surface area contributed by atoms with Crippen molar-refractivity contribution in [3.05, 3.63) is 34.4 Å². The lowest BCUT2D eigenvalue weighted by molar-refractivity contribution is -0.384. The third kappa shape index (κ3) is 2.87. The van der Waals surface area contributed by atoms with E-state index in [-0.39, 0.29) is 37.1 Å². The van der Waals surface area contributed by atoms with Crippen molar-refractivity contribution in [2.24, 2.45) is 0 Å². The Morgan fingerprint density at radius 1 is 1.35 bits per heavy atom. The Bertz CT molecular complexity index is 617. The van der Waals surface area contributed by atoms with Gasteiger partial charge in [-0.2, -0.15) is 0 Å². The summed E-state index contributed by atoms with van der Waals surface area (Å²) in [5.41, 5.74) is -0.756. The SMILES string of the molecule is CC(=O)O[C@H]1CO[C@@H]2[C@@H](Oc3ccc([N+](=O)[O-])cc3)CO[C@]12C. The van der Waals surface area contributed by atoms with Gasteiger partial charge in [-0.1, -0.05) is 0 Å². The lowest BCUT2D eigenvalue weighted by Crippen LogP contribution is -2.46. The smallest absolute Gasteiger partial charge is 0.303 e. The number of hydrogen-bond donors (Lipinski definition) is 0. The van der Waals surface area contributed by atoms with E-state index in [0.29, 0.717) is 5.75 Å². The Hall–Kier alpha value is -2.19. The van der Waals surface area contributed by atoms with Crippen LogP contribution in [0.5, 0.6) is 5.75 Å². The van der Waals surface area contributed by atoms with Crippen molar-refractivity contribution in [3.8, 4) is 5.75 Å². The van der Waals surface area contributed by atoms with Gasteiger partial charge in [0.05, 0.1) is 18.1 Å². The molecular weight excluding hydrogens is 306 g/mol. The monoisotopic (exact) mass is 323 g/mol. The zero-order valence-electron chi connectivity index (χ0n) is 12.8. The van der Waals surface area contributed by atoms with Crippen molar-refractivity contribution >= 4 is 11.7 Å². The molecular formula is C15H17NO7. The molecule has 2 aliphatic rings. The van der Waals surface area contributed by atoms with Gasteiger partial charge in [-0.15, -0.1) is 0 Å². The minimum absolute atomic E-state index is 0.00287. The molecule has 0 aliphatic carbocycles. The van der Waals surface area contributed by atoms with E-state index in [0.717, 1.165) is 0 Å². The molecule has 1 aromatic rings. The molecule has 3 rings (SSSR count). The topological polar surface area (TPSA) is 97.1 Å². The van der Waals surface area contributed by atoms with Gasteiger partial charge >= 0.3 is 5.97 Å². The quantitative estimate of drug-likeness (QED) is 0.470. The molecule has 2 aliphatic heterocycles. The van der Waals surface area contributed by atoms with E-state index >= 15 is 0 Å². The number of rotatable bonds is 4. The first kappa shape index (κ1) is 15.7. The van der Waals surface area contributed by atoms with Crippen LogP contribution in [0.3, 0.4) is 0 Å². The van der Waals surface area contributed by atoms with E-state index in [1.807, 2.05) is 6.92 Å². The minimum Gasteiger partial charge on any atom is -0.485 e. The number of nitrogens with zero attached hydrogens (tertiary/aromatic N) is 1. The molecule has 2 saturated heterocycles. The molecule has 0 N–H and O–H groups in total. The van der Waals surface area contributed by atoms with Crippen molar-refractivity contribution in [1.82, 2.24) is 0 Å². The molecule has 0 saturated carbocycles. The lowest BCUT2D eigenvalue weighted by Gasteiger charge is -2.27. The molecule has 2 fully saturated rings. The molecule has 0 spiro atoms. The summed E-state index contributed by atoms with van der Waals surface area (Å²) in [6.45, 7) is 3.71. The highest BCUT2D eigenvalue weighted by Gasteiger charge is 2.59. The van der Waals surface area contributed by atoms with Gasteiger partial charge in [-0.25, -0.2) is 0 Å². The van der Waals surface area contributed by atoms with Crippen LogP contribution in [0.1, 0.15) is 13.8 Å². The van der Waals surface area contributed by atoms with E-state index in [1.54, 1.807) is 0 Å². The molecule has 124 valence electrons. The molecule has 1 aromatic carbocycles. The van der Waals surface area contributed by atoms with E-state index in [4.69, 9.17) is 18.9 Å². The number of hydrogen-bond acceptors (Lipinski definition) is 7. The van der Waals surface area contributed by atoms with Crippen molar-refractivity contribution in [2.45, 2.75) is 37.8 Å². The average Bonchev–Trinajstić information content (AvgIpc) is 2.97. The van der Waals surface area contributed by atoms with Crippen molar-refractivity contribution in [3.63, 3.8) is 0 Å². The molecule has 0 amide bonds. The predicted molar refractivity (Wildman–Crippen MR) is 77.2 cm³/mol. The fourth-order valence-electron chi connectivity index (χ4n) is 2.97. The van der Waals surface area contributed by atoms with Crippen LogP contribution >= 0.6 is 0 Å². The Balaban J connectivity index is 1.69. The van der Waals surface area contributed by atoms with Gasteiger partial charge < -0.3 is 18.9 Å². The van der Waals surface area contributed by atoms with Gasteiger partial charge in [0, 0.05) is 19.1 Å². The Morgan fingerprint density at radius 3 is 2.65 bits per heavy atom. The third-order valence-corrected chi connectivity index (χ3v) is 4.17. The Kier molecular flexibility index (Phi) is 3.95. The van der Waals surface area contributed by atoms with Crippen LogP contribution in [0.25, 0.3) is 0 Å². The second-order valence-electron chi connectivity index (χ2n) is 5.75. The standard InChI is InChI=1S/C15H17NO7/c1-9(17)22-13-8-20-14-12(7-21-15(13,14)2)23-11-5-3-10(4-6-11)16(18)19/h3-6,12-14H,7-8H2,1-2H3/t12-,13-,14+,15+/m0/s1. The zero-order valence-corrected chi connectivity index (χ0v) is 12.8. The fraction of sp³-hybridized carbons (Fsp3) is 0.533. The first-order chi connectivity index (χ1) is 10.9. The molecule has 0 aromatic heterocycles. The Morgan fingerprint density at radius 2 is 2.04 bits per heavy atom. The summed E-state index contributed by atoms with van der Waals surface area (Å²) in [7, 11) is 0. The van der Waals surface area contributed by atoms with Crippen LogP contribution in [-0.4, -0.2) is 48.0 Å². The lowest BCUT2D eigenvalue weighted by atomic mass is 9.94. The summed E-state index contributed by atoms with van der Waals surface area (Å²) >= 11 is 0. The van der Waals surface area contributed by atoms with E-state index in [2.05, 4.69) is 0 Å². The number of ether oxygens (including phenoxy) is 4. The number of esters is 1. The highest BCUT2D eigenvalue weighted by molar-refractivity contribution is 5.66. The highest BCUT2D eigenvalue weighted by Crippen LogP contribution is 2.40. The summed E-state index contributed by atoms with van der Waals surface area (Å²) in [5, 5.41) is 10.7. The number of fused-ring (bicyclic) bond motifs is 1. The number of nitro groups is 1. The maximum atomic E-state index is 11.2. The maximum absolute atomic E-state index is 11.2. The van der Waals surface area contributed by atoms with E-state index in [1.165, 1.54) is 31.2 Å². The summed E-state index contributed by atoms with van der Waals surface area (Å²) in [5.74, 6) is 0.108. The molecule has 0 bridgehead atoms. The van der Waals surface area contributed by atoms with Crippen LogP contribution in [0.2, 0.25) is 0 Å². The van der Waals surface area contributed by atoms with Crippen LogP contribution in [-0.2, 0) is 19.0 Å². The van der Waals surface area contributed by atoms with Gasteiger partial charge in [-0.05, 0) is 19.1 Å². The van der Waals surface area contributed by atoms with Crippen molar-refractivity contribution in [1.29, 1.82) is 0 Å². The van der Waals surface area contributed by atoms with Crippen molar-refractivity contribution in [2.75, 3.05) is 13.2 Å². The van der Waals surface area contributed by atoms with E-state index < -0.39 is 16.6 Å². The molecule has 8 heteroatoms. The Labute approximate surface area is 132 Å². The fourth-order valence-corrected chi connectivity index (χ4v) is 2.97. The number of non-ortho nitro benzene ring substituents is 1. The normalized spacial score (nSPS) is 32.3. The number of carbonyl (C=O) groups is 1. The molecule has 2 heterocycles. The second-order valence-corrected chi connectivity index (χ2v) is 5.75. The van der Waals surface area contributed by atoms with Crippen molar-refractivity contribution < 1.29 is 28.7 Å². The van der Waals surface area contributed by atoms with Gasteiger partial charge in [0.15, 0.2) is 12.2 Å². The summed E-state index contributed by atoms with van der Waals surface area (Å²) < 4.78 is 22.6. The first-order valence-corrected chi connectivity index (χ1v) is 7.24. The minimum atomic E-state index is -0.753. The average molecular weight is 323 g/mol. The van der Waals surface area contributed by atoms with E-state index in [9.17, 15) is 14.9 Å². The third-order valence-electron chi connectivity index (χ3n) is 4.17. The summed E-state index contributed by atoms with van der Waals surface area (Å²) in [6, 6.07) is 5.82. The summed E-state index contributed by atoms with van der Waals surface area (Å²) in [6.07, 6.45) is -1.22. The van der Waals surface area contributed by atoms with Crippen LogP contribution in [0, 0.1) is 10.1 Å². The molecule has 8 nitrogen and oxygen atoms in total. The maximum Gasteiger partial charge on any atom is 0.303 e. The first-order valence-electron chi connectivity index (χ1n) is 7.24. The van der Waals surface area contributed by atoms with Gasteiger partial charge in [-0.3, -0.25) is 14.9 Å². The highest BCUT2D eigenvalue weighted by atomic mass is 16.7. The van der Waals surface area contributed by atoms with Gasteiger partial charge in [0.2, 0.25) is 0 Å². The van der Waals surface area contributed by atoms with Gasteiger partial charge in [0.1, 0.15) is 17.5 Å². The predicted octanol–water partition coefficient (Wildman–Crippen LogP) is 1.46. The summed E-state index contributed by atoms with van der Waals surface area (Å²) in [4.78, 5) is 21.4. The number of nitro benzene ring substituents is 1. The number of benzene rings is 1. The van der Waals surface area contributed by atoms with Crippen LogP contribution < -0.4 is 4.74 Å². The second kappa shape index (κ2) is 5.78. The van der Waals surface area contributed by atoms with Crippen LogP contribution in [0.15, 0.2) is 24.3 Å². The van der Waals surface area contributed by atoms with Crippen LogP contribution in [0.4, 0.5) is 5.69 Å². The number of carbonyl (C=O) groups excluding carboxylic acids is 1. The van der Waals surface area contributed by atoms with Gasteiger partial charge in [0.25, 0.3) is 5.69 Å². The molecule has 23 heavy (non-hydrogen) atoms. The zero-order chi connectivity index (χ0) is 16.6. The molecule has 4 atom stereocenters.